The molecule has 0 radical (unpaired) electrons. The van der Waals surface area contributed by atoms with Crippen molar-refractivity contribution in [1.29, 1.82) is 0 Å². The molecule has 1 N–H and O–H groups in total. The van der Waals surface area contributed by atoms with Gasteiger partial charge in [0, 0.05) is 41.3 Å². The van der Waals surface area contributed by atoms with Crippen molar-refractivity contribution < 1.29 is 18.0 Å². The lowest BCUT2D eigenvalue weighted by atomic mass is 9.97. The number of nitrogens with zero attached hydrogens (tertiary/aromatic N) is 2. The van der Waals surface area contributed by atoms with Crippen molar-refractivity contribution in [1.82, 2.24) is 9.97 Å². The highest BCUT2D eigenvalue weighted by molar-refractivity contribution is 6.03. The second-order valence-corrected chi connectivity index (χ2v) is 6.77. The van der Waals surface area contributed by atoms with Crippen LogP contribution in [0.2, 0.25) is 0 Å². The lowest BCUT2D eigenvalue weighted by Crippen LogP contribution is -2.08. The smallest absolute Gasteiger partial charge is 0.322 e. The first-order valence-corrected chi connectivity index (χ1v) is 9.36. The van der Waals surface area contributed by atoms with Gasteiger partial charge in [-0.3, -0.25) is 14.8 Å². The zero-order valence-electron chi connectivity index (χ0n) is 16.1. The molecular weight excluding hydrogens is 403 g/mol. The number of benzene rings is 2. The maximum atomic E-state index is 13.2. The van der Waals surface area contributed by atoms with Crippen molar-refractivity contribution in [3.8, 4) is 11.1 Å². The Morgan fingerprint density at radius 2 is 1.81 bits per heavy atom. The highest BCUT2D eigenvalue weighted by Gasteiger charge is 2.31. The van der Waals surface area contributed by atoms with Crippen LogP contribution < -0.4 is 5.32 Å². The average molecular weight is 419 g/mol. The van der Waals surface area contributed by atoms with Crippen LogP contribution in [0.15, 0.2) is 85.3 Å². The summed E-state index contributed by atoms with van der Waals surface area (Å²) in [5, 5.41) is 3.69. The molecule has 0 aliphatic heterocycles. The Hall–Kier alpha value is -4.00. The fraction of sp³-hybridized carbons (Fsp3) is 0.0417. The molecule has 0 aliphatic rings. The molecule has 4 nitrogen and oxygen atoms in total. The van der Waals surface area contributed by atoms with Crippen LogP contribution in [0.4, 0.5) is 18.9 Å². The van der Waals surface area contributed by atoms with Crippen molar-refractivity contribution in [3.05, 3.63) is 96.5 Å². The number of carbonyl (C=O) groups is 1. The molecule has 31 heavy (non-hydrogen) atoms. The third kappa shape index (κ3) is 4.78. The molecule has 4 aromatic rings. The van der Waals surface area contributed by atoms with Gasteiger partial charge in [0.25, 0.3) is 0 Å². The number of rotatable bonds is 4. The molecule has 2 heterocycles. The monoisotopic (exact) mass is 419 g/mol. The molecule has 2 aromatic heterocycles. The van der Waals surface area contributed by atoms with E-state index in [-0.39, 0.29) is 0 Å². The van der Waals surface area contributed by atoms with Crippen molar-refractivity contribution in [2.75, 3.05) is 5.32 Å². The van der Waals surface area contributed by atoms with Crippen molar-refractivity contribution in [3.63, 3.8) is 0 Å². The lowest BCUT2D eigenvalue weighted by Gasteiger charge is -2.12. The Labute approximate surface area is 176 Å². The summed E-state index contributed by atoms with van der Waals surface area (Å²) < 4.78 is 39.5. The number of amides is 1. The van der Waals surface area contributed by atoms with Gasteiger partial charge >= 0.3 is 6.18 Å². The summed E-state index contributed by atoms with van der Waals surface area (Å²) in [5.41, 5.74) is 1.87. The number of nitrogens with one attached hydrogen (secondary N) is 1. The van der Waals surface area contributed by atoms with Gasteiger partial charge in [-0.2, -0.15) is 13.2 Å². The molecule has 0 aliphatic carbocycles. The molecule has 0 atom stereocenters. The van der Waals surface area contributed by atoms with Crippen LogP contribution in [0.5, 0.6) is 0 Å². The molecule has 4 rings (SSSR count). The van der Waals surface area contributed by atoms with Crippen LogP contribution in [0.1, 0.15) is 11.1 Å². The fourth-order valence-corrected chi connectivity index (χ4v) is 3.14. The van der Waals surface area contributed by atoms with E-state index in [9.17, 15) is 18.0 Å². The van der Waals surface area contributed by atoms with Crippen LogP contribution in [-0.2, 0) is 11.0 Å². The second kappa shape index (κ2) is 8.39. The largest absolute Gasteiger partial charge is 0.416 e. The topological polar surface area (TPSA) is 54.9 Å². The molecular formula is C24H16F3N3O. The number of halogens is 3. The van der Waals surface area contributed by atoms with Crippen molar-refractivity contribution >= 4 is 28.6 Å². The van der Waals surface area contributed by atoms with Crippen LogP contribution in [-0.4, -0.2) is 15.9 Å². The van der Waals surface area contributed by atoms with Crippen LogP contribution in [0.25, 0.3) is 28.1 Å². The first-order valence-electron chi connectivity index (χ1n) is 9.36. The maximum absolute atomic E-state index is 13.2. The third-order valence-corrected chi connectivity index (χ3v) is 4.64. The number of pyridine rings is 2. The number of carbonyl (C=O) groups excluding carboxylic acids is 1. The molecule has 0 spiro atoms. The van der Waals surface area contributed by atoms with Gasteiger partial charge in [0.1, 0.15) is 0 Å². The van der Waals surface area contributed by atoms with Gasteiger partial charge in [0.15, 0.2) is 0 Å². The summed E-state index contributed by atoms with van der Waals surface area (Å²) in [4.78, 5) is 20.6. The first-order chi connectivity index (χ1) is 14.9. The molecule has 0 fully saturated rings. The zero-order valence-corrected chi connectivity index (χ0v) is 16.1. The number of aromatic nitrogens is 2. The maximum Gasteiger partial charge on any atom is 0.416 e. The van der Waals surface area contributed by atoms with Gasteiger partial charge in [0.2, 0.25) is 5.91 Å². The van der Waals surface area contributed by atoms with Gasteiger partial charge in [-0.1, -0.05) is 24.3 Å². The summed E-state index contributed by atoms with van der Waals surface area (Å²) in [6, 6.07) is 15.8. The molecule has 1 amide bonds. The van der Waals surface area contributed by atoms with E-state index in [1.165, 1.54) is 24.4 Å². The van der Waals surface area contributed by atoms with E-state index in [2.05, 4.69) is 15.3 Å². The van der Waals surface area contributed by atoms with Gasteiger partial charge in [-0.15, -0.1) is 0 Å². The average Bonchev–Trinajstić information content (AvgIpc) is 2.77. The molecule has 7 heteroatoms. The van der Waals surface area contributed by atoms with E-state index < -0.39 is 17.6 Å². The standard InChI is InChI=1S/C24H16F3N3O/c25-24(26,27)19-8-5-16(21(13-19)18-4-1-11-28-15-18)7-10-23(31)30-20-9-6-17-3-2-12-29-22(17)14-20/h1-15H,(H,30,31)/b10-7+. The second-order valence-electron chi connectivity index (χ2n) is 6.77. The summed E-state index contributed by atoms with van der Waals surface area (Å²) in [6.45, 7) is 0. The molecule has 0 saturated heterocycles. The zero-order chi connectivity index (χ0) is 21.8. The molecule has 2 aromatic carbocycles. The van der Waals surface area contributed by atoms with E-state index in [1.807, 2.05) is 18.2 Å². The van der Waals surface area contributed by atoms with Crippen LogP contribution in [0.3, 0.4) is 0 Å². The quantitative estimate of drug-likeness (QED) is 0.415. The van der Waals surface area contributed by atoms with Gasteiger partial charge < -0.3 is 5.32 Å². The SMILES string of the molecule is O=C(/C=C/c1ccc(C(F)(F)F)cc1-c1cccnc1)Nc1ccc2cccnc2c1. The Bertz CT molecular complexity index is 1270. The van der Waals surface area contributed by atoms with Gasteiger partial charge in [-0.05, 0) is 53.6 Å². The Kier molecular flexibility index (Phi) is 5.49. The molecule has 154 valence electrons. The normalized spacial score (nSPS) is 11.7. The number of hydrogen-bond donors (Lipinski definition) is 1. The third-order valence-electron chi connectivity index (χ3n) is 4.64. The predicted octanol–water partition coefficient (Wildman–Crippen LogP) is 5.97. The van der Waals surface area contributed by atoms with Gasteiger partial charge in [0.05, 0.1) is 11.1 Å². The molecule has 0 saturated carbocycles. The van der Waals surface area contributed by atoms with E-state index in [0.717, 1.165) is 23.0 Å². The fourth-order valence-electron chi connectivity index (χ4n) is 3.14. The van der Waals surface area contributed by atoms with E-state index in [0.29, 0.717) is 22.4 Å². The Morgan fingerprint density at radius 1 is 0.968 bits per heavy atom. The highest BCUT2D eigenvalue weighted by atomic mass is 19.4. The number of fused-ring (bicyclic) bond motifs is 1. The van der Waals surface area contributed by atoms with E-state index in [4.69, 9.17) is 0 Å². The molecule has 0 unspecified atom stereocenters. The van der Waals surface area contributed by atoms with E-state index in [1.54, 1.807) is 36.7 Å². The summed E-state index contributed by atoms with van der Waals surface area (Å²) in [7, 11) is 0. The summed E-state index contributed by atoms with van der Waals surface area (Å²) in [5.74, 6) is -0.410. The summed E-state index contributed by atoms with van der Waals surface area (Å²) in [6.07, 6.45) is 2.98. The molecule has 0 bridgehead atoms. The Morgan fingerprint density at radius 3 is 2.58 bits per heavy atom. The number of hydrogen-bond acceptors (Lipinski definition) is 3. The highest BCUT2D eigenvalue weighted by Crippen LogP contribution is 2.34. The van der Waals surface area contributed by atoms with Crippen molar-refractivity contribution in [2.24, 2.45) is 0 Å². The van der Waals surface area contributed by atoms with Crippen molar-refractivity contribution in [2.45, 2.75) is 6.18 Å². The van der Waals surface area contributed by atoms with E-state index >= 15 is 0 Å². The van der Waals surface area contributed by atoms with Gasteiger partial charge in [-0.25, -0.2) is 0 Å². The van der Waals surface area contributed by atoms with Crippen LogP contribution in [0, 0.1) is 0 Å². The number of alkyl halides is 3. The minimum Gasteiger partial charge on any atom is -0.322 e. The Balaban J connectivity index is 1.60. The first kappa shape index (κ1) is 20.3. The number of anilines is 1. The van der Waals surface area contributed by atoms with Crippen LogP contribution >= 0.6 is 0 Å². The predicted molar refractivity (Wildman–Crippen MR) is 114 cm³/mol. The lowest BCUT2D eigenvalue weighted by molar-refractivity contribution is -0.137. The summed E-state index contributed by atoms with van der Waals surface area (Å²) >= 11 is 0. The minimum absolute atomic E-state index is 0.335. The minimum atomic E-state index is -4.47.